The second-order valence-electron chi connectivity index (χ2n) is 6.11. The third kappa shape index (κ3) is 5.52. The van der Waals surface area contributed by atoms with E-state index in [1.165, 1.54) is 44.1 Å². The summed E-state index contributed by atoms with van der Waals surface area (Å²) in [5, 5.41) is 4.27. The highest BCUT2D eigenvalue weighted by Crippen LogP contribution is 2.30. The monoisotopic (exact) mass is 309 g/mol. The first-order valence-electron chi connectivity index (χ1n) is 8.38. The summed E-state index contributed by atoms with van der Waals surface area (Å²) in [7, 11) is 0. The molecule has 3 heteroatoms. The Morgan fingerprint density at radius 1 is 1.33 bits per heavy atom. The fourth-order valence-electron chi connectivity index (χ4n) is 2.50. The number of ether oxygens (including phenoxy) is 1. The highest BCUT2D eigenvalue weighted by Gasteiger charge is 2.21. The highest BCUT2D eigenvalue weighted by molar-refractivity contribution is 6.32. The van der Waals surface area contributed by atoms with Crippen molar-refractivity contribution in [2.45, 2.75) is 65.0 Å². The number of hydrogen-bond donors (Lipinski definition) is 1. The molecule has 21 heavy (non-hydrogen) atoms. The van der Waals surface area contributed by atoms with Gasteiger partial charge in [-0.2, -0.15) is 0 Å². The summed E-state index contributed by atoms with van der Waals surface area (Å²) in [6.45, 7) is 6.11. The van der Waals surface area contributed by atoms with Crippen LogP contribution < -0.4 is 10.1 Å². The first-order valence-corrected chi connectivity index (χ1v) is 8.75. The predicted molar refractivity (Wildman–Crippen MR) is 90.1 cm³/mol. The zero-order chi connectivity index (χ0) is 15.1. The lowest BCUT2D eigenvalue weighted by Crippen LogP contribution is -2.17. The second-order valence-corrected chi connectivity index (χ2v) is 6.52. The molecule has 0 spiro atoms. The van der Waals surface area contributed by atoms with Gasteiger partial charge in [0.1, 0.15) is 5.75 Å². The third-order valence-corrected chi connectivity index (χ3v) is 4.51. The summed E-state index contributed by atoms with van der Waals surface area (Å²) in [5.74, 6) is 1.51. The van der Waals surface area contributed by atoms with Gasteiger partial charge in [0.05, 0.1) is 11.6 Å². The van der Waals surface area contributed by atoms with Gasteiger partial charge in [0.2, 0.25) is 0 Å². The van der Waals surface area contributed by atoms with Crippen LogP contribution in [0.4, 0.5) is 0 Å². The summed E-state index contributed by atoms with van der Waals surface area (Å²) < 4.78 is 6.10. The van der Waals surface area contributed by atoms with Crippen LogP contribution in [0.25, 0.3) is 0 Å². The Hall–Kier alpha value is -0.730. The smallest absolute Gasteiger partial charge is 0.142 e. The first-order chi connectivity index (χ1) is 10.2. The van der Waals surface area contributed by atoms with Gasteiger partial charge in [-0.1, -0.05) is 56.8 Å². The Bertz CT molecular complexity index is 431. The van der Waals surface area contributed by atoms with Gasteiger partial charge in [0, 0.05) is 18.2 Å². The molecule has 1 atom stereocenters. The Balaban J connectivity index is 1.93. The maximum Gasteiger partial charge on any atom is 0.142 e. The maximum absolute atomic E-state index is 6.34. The molecule has 2 rings (SSSR count). The van der Waals surface area contributed by atoms with Crippen LogP contribution in [0, 0.1) is 5.92 Å². The summed E-state index contributed by atoms with van der Waals surface area (Å²) in [6.07, 6.45) is 7.53. The molecule has 0 saturated heterocycles. The Labute approximate surface area is 134 Å². The molecule has 1 fully saturated rings. The molecule has 0 aromatic heterocycles. The minimum Gasteiger partial charge on any atom is -0.491 e. The van der Waals surface area contributed by atoms with Crippen LogP contribution in [0.15, 0.2) is 18.2 Å². The molecule has 0 bridgehead atoms. The van der Waals surface area contributed by atoms with Crippen molar-refractivity contribution < 1.29 is 4.74 Å². The lowest BCUT2D eigenvalue weighted by Gasteiger charge is -2.18. The SMILES string of the molecule is CCCCC(CC)COc1c(Cl)cccc1CNC1CC1. The van der Waals surface area contributed by atoms with Crippen LogP contribution >= 0.6 is 11.6 Å². The number of unbranched alkanes of at least 4 members (excludes halogenated alkanes) is 1. The molecule has 1 aliphatic rings. The van der Waals surface area contributed by atoms with E-state index in [1.54, 1.807) is 0 Å². The van der Waals surface area contributed by atoms with Crippen LogP contribution in [0.1, 0.15) is 57.9 Å². The van der Waals surface area contributed by atoms with E-state index in [2.05, 4.69) is 25.2 Å². The van der Waals surface area contributed by atoms with Crippen molar-refractivity contribution in [3.05, 3.63) is 28.8 Å². The molecule has 1 aromatic carbocycles. The molecule has 0 heterocycles. The van der Waals surface area contributed by atoms with Gasteiger partial charge in [0.25, 0.3) is 0 Å². The number of para-hydroxylation sites is 1. The molecule has 118 valence electrons. The summed E-state index contributed by atoms with van der Waals surface area (Å²) >= 11 is 6.34. The van der Waals surface area contributed by atoms with E-state index in [0.29, 0.717) is 12.0 Å². The zero-order valence-electron chi connectivity index (χ0n) is 13.3. The van der Waals surface area contributed by atoms with Crippen molar-refractivity contribution in [2.24, 2.45) is 5.92 Å². The fourth-order valence-corrected chi connectivity index (χ4v) is 2.74. The molecule has 2 nitrogen and oxygen atoms in total. The standard InChI is InChI=1S/C18H28ClNO/c1-3-5-7-14(4-2)13-21-18-15(8-6-9-17(18)19)12-20-16-10-11-16/h6,8-9,14,16,20H,3-5,7,10-13H2,1-2H3. The normalized spacial score (nSPS) is 16.0. The Morgan fingerprint density at radius 2 is 2.14 bits per heavy atom. The number of nitrogens with one attached hydrogen (secondary N) is 1. The van der Waals surface area contributed by atoms with E-state index < -0.39 is 0 Å². The molecule has 1 aliphatic carbocycles. The van der Waals surface area contributed by atoms with E-state index in [4.69, 9.17) is 16.3 Å². The quantitative estimate of drug-likeness (QED) is 0.642. The van der Waals surface area contributed by atoms with Crippen molar-refractivity contribution >= 4 is 11.6 Å². The van der Waals surface area contributed by atoms with E-state index in [9.17, 15) is 0 Å². The minimum atomic E-state index is 0.630. The first kappa shape index (κ1) is 16.6. The number of halogens is 1. The summed E-state index contributed by atoms with van der Waals surface area (Å²) in [6, 6.07) is 6.74. The molecule has 1 aromatic rings. The molecule has 1 saturated carbocycles. The highest BCUT2D eigenvalue weighted by atomic mass is 35.5. The molecule has 1 unspecified atom stereocenters. The van der Waals surface area contributed by atoms with Crippen molar-refractivity contribution in [3.8, 4) is 5.75 Å². The van der Waals surface area contributed by atoms with E-state index >= 15 is 0 Å². The molecule has 1 N–H and O–H groups in total. The van der Waals surface area contributed by atoms with Gasteiger partial charge in [-0.15, -0.1) is 0 Å². The summed E-state index contributed by atoms with van der Waals surface area (Å²) in [5.41, 5.74) is 1.18. The Kier molecular flexibility index (Phi) is 6.85. The number of rotatable bonds is 10. The summed E-state index contributed by atoms with van der Waals surface area (Å²) in [4.78, 5) is 0. The van der Waals surface area contributed by atoms with Gasteiger partial charge < -0.3 is 10.1 Å². The van der Waals surface area contributed by atoms with Gasteiger partial charge in [0.15, 0.2) is 0 Å². The van der Waals surface area contributed by atoms with Crippen LogP contribution in [-0.2, 0) is 6.54 Å². The van der Waals surface area contributed by atoms with Crippen molar-refractivity contribution in [2.75, 3.05) is 6.61 Å². The average Bonchev–Trinajstić information content (AvgIpc) is 3.31. The molecular weight excluding hydrogens is 282 g/mol. The van der Waals surface area contributed by atoms with Crippen LogP contribution in [0.2, 0.25) is 5.02 Å². The fraction of sp³-hybridized carbons (Fsp3) is 0.667. The second kappa shape index (κ2) is 8.65. The number of hydrogen-bond acceptors (Lipinski definition) is 2. The third-order valence-electron chi connectivity index (χ3n) is 4.21. The van der Waals surface area contributed by atoms with Crippen LogP contribution in [0.3, 0.4) is 0 Å². The zero-order valence-corrected chi connectivity index (χ0v) is 14.1. The largest absolute Gasteiger partial charge is 0.491 e. The lowest BCUT2D eigenvalue weighted by molar-refractivity contribution is 0.231. The van der Waals surface area contributed by atoms with E-state index in [1.807, 2.05) is 12.1 Å². The van der Waals surface area contributed by atoms with Gasteiger partial charge >= 0.3 is 0 Å². The van der Waals surface area contributed by atoms with Gasteiger partial charge in [-0.05, 0) is 31.2 Å². The Morgan fingerprint density at radius 3 is 2.81 bits per heavy atom. The van der Waals surface area contributed by atoms with Gasteiger partial charge in [-0.25, -0.2) is 0 Å². The average molecular weight is 310 g/mol. The van der Waals surface area contributed by atoms with Crippen molar-refractivity contribution in [1.29, 1.82) is 0 Å². The lowest BCUT2D eigenvalue weighted by atomic mass is 10.0. The predicted octanol–water partition coefficient (Wildman–Crippen LogP) is 5.19. The molecular formula is C18H28ClNO. The van der Waals surface area contributed by atoms with Crippen molar-refractivity contribution in [1.82, 2.24) is 5.32 Å². The van der Waals surface area contributed by atoms with Crippen molar-refractivity contribution in [3.63, 3.8) is 0 Å². The van der Waals surface area contributed by atoms with Crippen LogP contribution in [-0.4, -0.2) is 12.6 Å². The number of benzene rings is 1. The van der Waals surface area contributed by atoms with E-state index in [0.717, 1.165) is 23.9 Å². The minimum absolute atomic E-state index is 0.630. The molecule has 0 amide bonds. The topological polar surface area (TPSA) is 21.3 Å². The van der Waals surface area contributed by atoms with E-state index in [-0.39, 0.29) is 0 Å². The molecule has 0 radical (unpaired) electrons. The maximum atomic E-state index is 6.34. The van der Waals surface area contributed by atoms with Crippen LogP contribution in [0.5, 0.6) is 5.75 Å². The van der Waals surface area contributed by atoms with Gasteiger partial charge in [-0.3, -0.25) is 0 Å². The molecule has 0 aliphatic heterocycles.